The summed E-state index contributed by atoms with van der Waals surface area (Å²) >= 11 is 7.37. The second-order valence-electron chi connectivity index (χ2n) is 5.82. The number of thiazole rings is 1. The van der Waals surface area contributed by atoms with Crippen LogP contribution >= 0.6 is 22.9 Å². The van der Waals surface area contributed by atoms with E-state index in [2.05, 4.69) is 15.3 Å². The first-order chi connectivity index (χ1) is 12.4. The molecule has 0 aliphatic carbocycles. The van der Waals surface area contributed by atoms with E-state index in [1.54, 1.807) is 14.0 Å². The first-order valence-electron chi connectivity index (χ1n) is 7.92. The van der Waals surface area contributed by atoms with Crippen molar-refractivity contribution in [1.29, 1.82) is 0 Å². The summed E-state index contributed by atoms with van der Waals surface area (Å²) in [6, 6.07) is 7.45. The lowest BCUT2D eigenvalue weighted by Gasteiger charge is -2.06. The van der Waals surface area contributed by atoms with Gasteiger partial charge in [0.25, 0.3) is 5.56 Å². The third-order valence-electron chi connectivity index (χ3n) is 3.92. The maximum Gasteiger partial charge on any atom is 0.256 e. The molecule has 0 unspecified atom stereocenters. The molecule has 26 heavy (non-hydrogen) atoms. The highest BCUT2D eigenvalue weighted by Gasteiger charge is 2.11. The molecule has 1 N–H and O–H groups in total. The number of halogens is 1. The Bertz CT molecular complexity index is 995. The van der Waals surface area contributed by atoms with Gasteiger partial charge in [0.1, 0.15) is 5.01 Å². The average Bonchev–Trinajstić information content (AvgIpc) is 3.10. The van der Waals surface area contributed by atoms with Gasteiger partial charge < -0.3 is 9.88 Å². The lowest BCUT2D eigenvalue weighted by molar-refractivity contribution is -0.120. The second-order valence-corrected chi connectivity index (χ2v) is 7.20. The average molecular weight is 389 g/mol. The number of rotatable bonds is 5. The summed E-state index contributed by atoms with van der Waals surface area (Å²) in [6.07, 6.45) is 1.49. The molecule has 2 heterocycles. The highest BCUT2D eigenvalue weighted by atomic mass is 35.5. The molecular formula is C18H17ClN4O2S. The summed E-state index contributed by atoms with van der Waals surface area (Å²) in [5.41, 5.74) is 2.66. The fourth-order valence-electron chi connectivity index (χ4n) is 2.41. The molecule has 0 bridgehead atoms. The van der Waals surface area contributed by atoms with Gasteiger partial charge in [0.2, 0.25) is 5.91 Å². The molecule has 3 aromatic rings. The van der Waals surface area contributed by atoms with Crippen LogP contribution in [0.25, 0.3) is 11.3 Å². The zero-order chi connectivity index (χ0) is 18.7. The van der Waals surface area contributed by atoms with Crippen molar-refractivity contribution in [3.63, 3.8) is 0 Å². The molecular weight excluding hydrogens is 372 g/mol. The van der Waals surface area contributed by atoms with Crippen LogP contribution in [0.15, 0.2) is 40.8 Å². The van der Waals surface area contributed by atoms with Gasteiger partial charge in [-0.1, -0.05) is 23.7 Å². The Morgan fingerprint density at radius 3 is 2.77 bits per heavy atom. The predicted molar refractivity (Wildman–Crippen MR) is 102 cm³/mol. The van der Waals surface area contributed by atoms with Crippen LogP contribution in [0.5, 0.6) is 0 Å². The largest absolute Gasteiger partial charge is 0.349 e. The maximum atomic E-state index is 12.2. The summed E-state index contributed by atoms with van der Waals surface area (Å²) in [6.45, 7) is 2.01. The van der Waals surface area contributed by atoms with Crippen molar-refractivity contribution < 1.29 is 4.79 Å². The van der Waals surface area contributed by atoms with E-state index in [4.69, 9.17) is 11.6 Å². The molecule has 6 nitrogen and oxygen atoms in total. The third kappa shape index (κ3) is 4.17. The molecule has 8 heteroatoms. The Morgan fingerprint density at radius 2 is 2.04 bits per heavy atom. The van der Waals surface area contributed by atoms with E-state index in [-0.39, 0.29) is 17.9 Å². The van der Waals surface area contributed by atoms with Crippen LogP contribution in [0.2, 0.25) is 5.02 Å². The number of amides is 1. The number of carbonyl (C=O) groups is 1. The molecule has 0 radical (unpaired) electrons. The van der Waals surface area contributed by atoms with Crippen LogP contribution in [0.1, 0.15) is 16.3 Å². The van der Waals surface area contributed by atoms with E-state index in [0.29, 0.717) is 22.8 Å². The molecule has 0 aliphatic heterocycles. The number of aryl methyl sites for hydroxylation is 1. The Labute approximate surface area is 159 Å². The fraction of sp³-hybridized carbons (Fsp3) is 0.222. The molecule has 1 amide bonds. The molecule has 0 saturated carbocycles. The molecule has 0 fully saturated rings. The SMILES string of the molecule is Cc1c(CC(=O)NCc2nc(-c3ccc(Cl)cc3)cs2)ncn(C)c1=O. The monoisotopic (exact) mass is 388 g/mol. The quantitative estimate of drug-likeness (QED) is 0.729. The molecule has 3 rings (SSSR count). The lowest BCUT2D eigenvalue weighted by atomic mass is 10.2. The van der Waals surface area contributed by atoms with Gasteiger partial charge >= 0.3 is 0 Å². The van der Waals surface area contributed by atoms with Gasteiger partial charge in [-0.25, -0.2) is 9.97 Å². The molecule has 0 spiro atoms. The molecule has 2 aromatic heterocycles. The Kier molecular flexibility index (Phi) is 5.49. The van der Waals surface area contributed by atoms with Gasteiger partial charge in [0, 0.05) is 28.6 Å². The molecule has 0 aliphatic rings. The summed E-state index contributed by atoms with van der Waals surface area (Å²) in [5, 5.41) is 6.24. The van der Waals surface area contributed by atoms with E-state index in [9.17, 15) is 9.59 Å². The highest BCUT2D eigenvalue weighted by Crippen LogP contribution is 2.23. The summed E-state index contributed by atoms with van der Waals surface area (Å²) in [7, 11) is 1.63. The van der Waals surface area contributed by atoms with E-state index >= 15 is 0 Å². The molecule has 1 aromatic carbocycles. The lowest BCUT2D eigenvalue weighted by Crippen LogP contribution is -2.28. The standard InChI is InChI=1S/C18H17ClN4O2S/c1-11-14(21-10-23(2)18(11)25)7-16(24)20-8-17-22-15(9-26-17)12-3-5-13(19)6-4-12/h3-6,9-10H,7-8H2,1-2H3,(H,20,24). The van der Waals surface area contributed by atoms with Crippen LogP contribution in [-0.2, 0) is 24.8 Å². The maximum absolute atomic E-state index is 12.2. The van der Waals surface area contributed by atoms with E-state index in [1.807, 2.05) is 29.6 Å². The summed E-state index contributed by atoms with van der Waals surface area (Å²) < 4.78 is 1.39. The molecule has 134 valence electrons. The van der Waals surface area contributed by atoms with Gasteiger partial charge in [-0.05, 0) is 19.1 Å². The number of carbonyl (C=O) groups excluding carboxylic acids is 1. The zero-order valence-electron chi connectivity index (χ0n) is 14.3. The van der Waals surface area contributed by atoms with Crippen molar-refractivity contribution in [2.24, 2.45) is 7.05 Å². The van der Waals surface area contributed by atoms with E-state index in [0.717, 1.165) is 16.3 Å². The number of hydrogen-bond acceptors (Lipinski definition) is 5. The first-order valence-corrected chi connectivity index (χ1v) is 9.18. The summed E-state index contributed by atoms with van der Waals surface area (Å²) in [4.78, 5) is 32.7. The number of benzene rings is 1. The zero-order valence-corrected chi connectivity index (χ0v) is 15.9. The van der Waals surface area contributed by atoms with Crippen LogP contribution in [0, 0.1) is 6.92 Å². The number of nitrogens with zero attached hydrogens (tertiary/aromatic N) is 3. The Hall–Kier alpha value is -2.51. The van der Waals surface area contributed by atoms with Crippen molar-refractivity contribution in [1.82, 2.24) is 19.9 Å². The minimum absolute atomic E-state index is 0.0668. The van der Waals surface area contributed by atoms with Crippen LogP contribution in [-0.4, -0.2) is 20.4 Å². The number of nitrogens with one attached hydrogen (secondary N) is 1. The Morgan fingerprint density at radius 1 is 1.31 bits per heavy atom. The smallest absolute Gasteiger partial charge is 0.256 e. The minimum Gasteiger partial charge on any atom is -0.349 e. The molecule has 0 saturated heterocycles. The normalized spacial score (nSPS) is 10.7. The fourth-order valence-corrected chi connectivity index (χ4v) is 3.27. The minimum atomic E-state index is -0.197. The van der Waals surface area contributed by atoms with Gasteiger partial charge in [0.15, 0.2) is 0 Å². The van der Waals surface area contributed by atoms with Crippen molar-refractivity contribution in [3.05, 3.63) is 67.6 Å². The van der Waals surface area contributed by atoms with Gasteiger partial charge in [-0.2, -0.15) is 0 Å². The first kappa shape index (κ1) is 18.3. The molecule has 0 atom stereocenters. The van der Waals surface area contributed by atoms with Crippen LogP contribution < -0.4 is 10.9 Å². The van der Waals surface area contributed by atoms with Crippen molar-refractivity contribution in [2.75, 3.05) is 0 Å². The Balaban J connectivity index is 1.61. The van der Waals surface area contributed by atoms with Crippen molar-refractivity contribution in [2.45, 2.75) is 19.9 Å². The van der Waals surface area contributed by atoms with Crippen molar-refractivity contribution in [3.8, 4) is 11.3 Å². The van der Waals surface area contributed by atoms with E-state index in [1.165, 1.54) is 22.2 Å². The highest BCUT2D eigenvalue weighted by molar-refractivity contribution is 7.09. The van der Waals surface area contributed by atoms with Gasteiger partial charge in [0.05, 0.1) is 30.7 Å². The second kappa shape index (κ2) is 7.80. The van der Waals surface area contributed by atoms with Crippen molar-refractivity contribution >= 4 is 28.8 Å². The third-order valence-corrected chi connectivity index (χ3v) is 5.02. The van der Waals surface area contributed by atoms with Crippen LogP contribution in [0.3, 0.4) is 0 Å². The van der Waals surface area contributed by atoms with E-state index < -0.39 is 0 Å². The topological polar surface area (TPSA) is 76.9 Å². The van der Waals surface area contributed by atoms with Gasteiger partial charge in [-0.15, -0.1) is 11.3 Å². The predicted octanol–water partition coefficient (Wildman–Crippen LogP) is 2.72. The summed E-state index contributed by atoms with van der Waals surface area (Å²) in [5.74, 6) is -0.197. The van der Waals surface area contributed by atoms with Crippen LogP contribution in [0.4, 0.5) is 0 Å². The number of aromatic nitrogens is 3. The number of hydrogen-bond donors (Lipinski definition) is 1. The van der Waals surface area contributed by atoms with Gasteiger partial charge in [-0.3, -0.25) is 9.59 Å².